The molecule has 2 N–H and O–H groups in total. The molecule has 0 unspecified atom stereocenters. The van der Waals surface area contributed by atoms with Crippen LogP contribution in [0, 0.1) is 0 Å². The molecule has 0 aliphatic rings. The SMILES string of the molecule is COc1cc(C(=O)NNC(=O)Cc2noc3ccccc23)ccc1OC(C)C. The Balaban J connectivity index is 1.61. The van der Waals surface area contributed by atoms with E-state index in [0.29, 0.717) is 28.3 Å². The predicted octanol–water partition coefficient (Wildman–Crippen LogP) is 2.63. The van der Waals surface area contributed by atoms with Gasteiger partial charge in [-0.15, -0.1) is 0 Å². The Morgan fingerprint density at radius 1 is 1.11 bits per heavy atom. The summed E-state index contributed by atoms with van der Waals surface area (Å²) >= 11 is 0. The molecule has 2 amide bonds. The Bertz CT molecular complexity index is 996. The molecule has 146 valence electrons. The number of hydrogen-bond donors (Lipinski definition) is 2. The minimum Gasteiger partial charge on any atom is -0.493 e. The molecule has 8 heteroatoms. The first-order valence-electron chi connectivity index (χ1n) is 8.75. The number of hydrazine groups is 1. The molecular weight excluding hydrogens is 362 g/mol. The van der Waals surface area contributed by atoms with Gasteiger partial charge in [-0.05, 0) is 44.2 Å². The maximum atomic E-state index is 12.3. The molecule has 0 radical (unpaired) electrons. The van der Waals surface area contributed by atoms with Gasteiger partial charge in [-0.3, -0.25) is 20.4 Å². The van der Waals surface area contributed by atoms with Crippen LogP contribution in [0.2, 0.25) is 0 Å². The third-order valence-electron chi connectivity index (χ3n) is 3.88. The first-order chi connectivity index (χ1) is 13.5. The van der Waals surface area contributed by atoms with Gasteiger partial charge in [0.25, 0.3) is 5.91 Å². The predicted molar refractivity (Wildman–Crippen MR) is 102 cm³/mol. The van der Waals surface area contributed by atoms with Gasteiger partial charge in [-0.2, -0.15) is 0 Å². The Morgan fingerprint density at radius 3 is 2.64 bits per heavy atom. The largest absolute Gasteiger partial charge is 0.493 e. The van der Waals surface area contributed by atoms with E-state index in [4.69, 9.17) is 14.0 Å². The molecule has 0 aliphatic heterocycles. The van der Waals surface area contributed by atoms with Crippen molar-refractivity contribution in [2.24, 2.45) is 0 Å². The molecule has 0 bridgehead atoms. The van der Waals surface area contributed by atoms with Crippen LogP contribution in [0.1, 0.15) is 29.9 Å². The third kappa shape index (κ3) is 4.40. The summed E-state index contributed by atoms with van der Waals surface area (Å²) in [5, 5.41) is 4.66. The first-order valence-corrected chi connectivity index (χ1v) is 8.75. The van der Waals surface area contributed by atoms with Crippen molar-refractivity contribution in [2.45, 2.75) is 26.4 Å². The summed E-state index contributed by atoms with van der Waals surface area (Å²) < 4.78 is 16.0. The fourth-order valence-electron chi connectivity index (χ4n) is 2.62. The molecule has 0 aliphatic carbocycles. The number of fused-ring (bicyclic) bond motifs is 1. The van der Waals surface area contributed by atoms with Gasteiger partial charge in [-0.1, -0.05) is 17.3 Å². The van der Waals surface area contributed by atoms with Crippen LogP contribution >= 0.6 is 0 Å². The van der Waals surface area contributed by atoms with Crippen LogP contribution in [0.3, 0.4) is 0 Å². The fourth-order valence-corrected chi connectivity index (χ4v) is 2.62. The molecule has 1 aromatic heterocycles. The van der Waals surface area contributed by atoms with Gasteiger partial charge in [0.1, 0.15) is 5.69 Å². The van der Waals surface area contributed by atoms with Crippen LogP contribution in [0.15, 0.2) is 47.0 Å². The topological polar surface area (TPSA) is 103 Å². The molecular formula is C20H21N3O5. The van der Waals surface area contributed by atoms with E-state index < -0.39 is 11.8 Å². The number of methoxy groups -OCH3 is 1. The lowest BCUT2D eigenvalue weighted by atomic mass is 10.1. The highest BCUT2D eigenvalue weighted by atomic mass is 16.5. The molecule has 3 rings (SSSR count). The number of benzene rings is 2. The Morgan fingerprint density at radius 2 is 1.89 bits per heavy atom. The fraction of sp³-hybridized carbons (Fsp3) is 0.250. The summed E-state index contributed by atoms with van der Waals surface area (Å²) in [5.41, 5.74) is 6.17. The van der Waals surface area contributed by atoms with Crippen LogP contribution < -0.4 is 20.3 Å². The van der Waals surface area contributed by atoms with Crippen LogP contribution in [0.4, 0.5) is 0 Å². The zero-order chi connectivity index (χ0) is 20.1. The third-order valence-corrected chi connectivity index (χ3v) is 3.88. The molecule has 0 spiro atoms. The highest BCUT2D eigenvalue weighted by Gasteiger charge is 2.15. The molecule has 0 atom stereocenters. The summed E-state index contributed by atoms with van der Waals surface area (Å²) in [7, 11) is 1.49. The first kappa shape index (κ1) is 19.2. The lowest BCUT2D eigenvalue weighted by Crippen LogP contribution is -2.42. The van der Waals surface area contributed by atoms with Gasteiger partial charge in [0.05, 0.1) is 19.6 Å². The molecule has 0 fully saturated rings. The number of amides is 2. The molecule has 3 aromatic rings. The van der Waals surface area contributed by atoms with E-state index in [-0.39, 0.29) is 12.5 Å². The minimum absolute atomic E-state index is 0.0260. The van der Waals surface area contributed by atoms with Crippen molar-refractivity contribution in [1.29, 1.82) is 0 Å². The number of ether oxygens (including phenoxy) is 2. The summed E-state index contributed by atoms with van der Waals surface area (Å²) in [4.78, 5) is 24.4. The lowest BCUT2D eigenvalue weighted by Gasteiger charge is -2.14. The zero-order valence-corrected chi connectivity index (χ0v) is 15.8. The van der Waals surface area contributed by atoms with Crippen LogP contribution in [-0.2, 0) is 11.2 Å². The Hall–Kier alpha value is -3.55. The van der Waals surface area contributed by atoms with Crippen LogP contribution in [0.25, 0.3) is 11.0 Å². The minimum atomic E-state index is -0.479. The van der Waals surface area contributed by atoms with E-state index in [1.165, 1.54) is 7.11 Å². The van der Waals surface area contributed by atoms with E-state index in [2.05, 4.69) is 16.0 Å². The second kappa shape index (κ2) is 8.43. The van der Waals surface area contributed by atoms with Crippen molar-refractivity contribution in [3.63, 3.8) is 0 Å². The number of rotatable bonds is 6. The van der Waals surface area contributed by atoms with E-state index >= 15 is 0 Å². The van der Waals surface area contributed by atoms with Gasteiger partial charge in [0.2, 0.25) is 5.91 Å². The molecule has 28 heavy (non-hydrogen) atoms. The maximum Gasteiger partial charge on any atom is 0.269 e. The number of aromatic nitrogens is 1. The number of carbonyl (C=O) groups excluding carboxylic acids is 2. The second-order valence-electron chi connectivity index (χ2n) is 6.34. The van der Waals surface area contributed by atoms with Gasteiger partial charge >= 0.3 is 0 Å². The maximum absolute atomic E-state index is 12.3. The highest BCUT2D eigenvalue weighted by Crippen LogP contribution is 2.28. The van der Waals surface area contributed by atoms with E-state index in [1.807, 2.05) is 32.0 Å². The number of hydrogen-bond acceptors (Lipinski definition) is 6. The molecule has 0 saturated carbocycles. The van der Waals surface area contributed by atoms with E-state index in [9.17, 15) is 9.59 Å². The Kier molecular flexibility index (Phi) is 5.78. The number of para-hydroxylation sites is 1. The van der Waals surface area contributed by atoms with Gasteiger partial charge in [0, 0.05) is 10.9 Å². The average molecular weight is 383 g/mol. The molecule has 0 saturated heterocycles. The highest BCUT2D eigenvalue weighted by molar-refractivity contribution is 5.96. The van der Waals surface area contributed by atoms with Crippen molar-refractivity contribution in [3.05, 3.63) is 53.7 Å². The average Bonchev–Trinajstić information content (AvgIpc) is 3.09. The van der Waals surface area contributed by atoms with Crippen molar-refractivity contribution < 1.29 is 23.6 Å². The van der Waals surface area contributed by atoms with Crippen molar-refractivity contribution in [1.82, 2.24) is 16.0 Å². The van der Waals surface area contributed by atoms with E-state index in [0.717, 1.165) is 5.39 Å². The van der Waals surface area contributed by atoms with E-state index in [1.54, 1.807) is 24.3 Å². The summed E-state index contributed by atoms with van der Waals surface area (Å²) in [6.07, 6.45) is -0.0533. The molecule has 2 aromatic carbocycles. The van der Waals surface area contributed by atoms with Gasteiger partial charge in [0.15, 0.2) is 17.1 Å². The molecule has 8 nitrogen and oxygen atoms in total. The normalized spacial score (nSPS) is 10.7. The van der Waals surface area contributed by atoms with Crippen LogP contribution in [-0.4, -0.2) is 30.2 Å². The zero-order valence-electron chi connectivity index (χ0n) is 15.8. The summed E-state index contributed by atoms with van der Waals surface area (Å²) in [5.74, 6) is 0.0737. The number of nitrogens with zero attached hydrogens (tertiary/aromatic N) is 1. The van der Waals surface area contributed by atoms with Crippen molar-refractivity contribution >= 4 is 22.8 Å². The number of carbonyl (C=O) groups is 2. The number of nitrogens with one attached hydrogen (secondary N) is 2. The summed E-state index contributed by atoms with van der Waals surface area (Å²) in [6.45, 7) is 3.79. The molecule has 1 heterocycles. The smallest absolute Gasteiger partial charge is 0.269 e. The quantitative estimate of drug-likeness (QED) is 0.635. The standard InChI is InChI=1S/C20H21N3O5/c1-12(2)27-17-9-8-13(10-18(17)26-3)20(25)22-21-19(24)11-15-14-6-4-5-7-16(14)28-23-15/h4-10,12H,11H2,1-3H3,(H,21,24)(H,22,25). The van der Waals surface area contributed by atoms with Gasteiger partial charge in [-0.25, -0.2) is 0 Å². The van der Waals surface area contributed by atoms with Crippen LogP contribution in [0.5, 0.6) is 11.5 Å². The van der Waals surface area contributed by atoms with Crippen molar-refractivity contribution in [3.8, 4) is 11.5 Å². The lowest BCUT2D eigenvalue weighted by molar-refractivity contribution is -0.121. The van der Waals surface area contributed by atoms with Gasteiger partial charge < -0.3 is 14.0 Å². The monoisotopic (exact) mass is 383 g/mol. The summed E-state index contributed by atoms with van der Waals surface area (Å²) in [6, 6.07) is 12.0. The Labute approximate surface area is 161 Å². The van der Waals surface area contributed by atoms with Crippen molar-refractivity contribution in [2.75, 3.05) is 7.11 Å². The second-order valence-corrected chi connectivity index (χ2v) is 6.34.